The number of hydrogen-bond donors (Lipinski definition) is 1. The van der Waals surface area contributed by atoms with E-state index >= 15 is 0 Å². The van der Waals surface area contributed by atoms with Crippen molar-refractivity contribution >= 4 is 34.7 Å². The fraction of sp³-hybridized carbons (Fsp3) is 0.727. The molecule has 0 unspecified atom stereocenters. The van der Waals surface area contributed by atoms with Crippen molar-refractivity contribution in [1.82, 2.24) is 9.80 Å². The Labute approximate surface area is 193 Å². The maximum absolute atomic E-state index is 12.7. The van der Waals surface area contributed by atoms with Gasteiger partial charge < -0.3 is 24.4 Å². The molecule has 1 amide bonds. The van der Waals surface area contributed by atoms with E-state index in [2.05, 4.69) is 27.5 Å². The molecule has 1 fully saturated rings. The van der Waals surface area contributed by atoms with Crippen LogP contribution in [0.5, 0.6) is 0 Å². The zero-order valence-electron chi connectivity index (χ0n) is 18.4. The summed E-state index contributed by atoms with van der Waals surface area (Å²) >= 11 is 2.13. The molecule has 5 atom stereocenters. The number of rotatable bonds is 2. The Morgan fingerprint density at radius 3 is 2.53 bits per heavy atom. The number of carbonyl (C=O) groups is 2. The molecule has 7 nitrogen and oxygen atoms in total. The molecule has 0 bridgehead atoms. The van der Waals surface area contributed by atoms with Gasteiger partial charge in [0.1, 0.15) is 12.2 Å². The van der Waals surface area contributed by atoms with Crippen LogP contribution in [-0.4, -0.2) is 78.5 Å². The number of nitrogens with zero attached hydrogens (tertiary/aromatic N) is 2. The van der Waals surface area contributed by atoms with E-state index in [1.54, 1.807) is 4.90 Å². The van der Waals surface area contributed by atoms with Crippen molar-refractivity contribution < 1.29 is 24.2 Å². The third-order valence-electron chi connectivity index (χ3n) is 5.88. The number of aliphatic hydroxyl groups is 1. The number of ether oxygens (including phenoxy) is 2. The molecule has 30 heavy (non-hydrogen) atoms. The summed E-state index contributed by atoms with van der Waals surface area (Å²) in [4.78, 5) is 28.9. The van der Waals surface area contributed by atoms with Gasteiger partial charge in [-0.1, -0.05) is 42.5 Å². The average molecular weight is 534 g/mol. The number of piperazine rings is 1. The minimum Gasteiger partial charge on any atom is -0.457 e. The number of halogens is 1. The Morgan fingerprint density at radius 2 is 1.90 bits per heavy atom. The number of cyclic esters (lactones) is 1. The first-order chi connectivity index (χ1) is 14.2. The van der Waals surface area contributed by atoms with Crippen LogP contribution in [-0.2, 0) is 14.3 Å². The van der Waals surface area contributed by atoms with Crippen LogP contribution in [0.1, 0.15) is 40.0 Å². The minimum absolute atomic E-state index is 0.0228. The Kier molecular flexibility index (Phi) is 10.1. The van der Waals surface area contributed by atoms with Crippen molar-refractivity contribution in [1.29, 1.82) is 0 Å². The molecule has 0 spiro atoms. The predicted octanol–water partition coefficient (Wildman–Crippen LogP) is 3.36. The maximum Gasteiger partial charge on any atom is 0.410 e. The van der Waals surface area contributed by atoms with Crippen LogP contribution in [0.25, 0.3) is 0 Å². The first kappa shape index (κ1) is 25.1. The summed E-state index contributed by atoms with van der Waals surface area (Å²) in [5, 5.41) is 10.3. The normalized spacial score (nSPS) is 32.7. The first-order valence-corrected chi connectivity index (χ1v) is 11.9. The molecule has 0 aliphatic carbocycles. The fourth-order valence-electron chi connectivity index (χ4n) is 3.69. The van der Waals surface area contributed by atoms with Crippen LogP contribution >= 0.6 is 22.6 Å². The van der Waals surface area contributed by atoms with Crippen molar-refractivity contribution in [3.8, 4) is 0 Å². The van der Waals surface area contributed by atoms with Gasteiger partial charge in [0.15, 0.2) is 0 Å². The molecule has 0 saturated carbocycles. The van der Waals surface area contributed by atoms with E-state index in [0.29, 0.717) is 25.9 Å². The number of aliphatic hydroxyl groups excluding tert-OH is 1. The van der Waals surface area contributed by atoms with E-state index in [9.17, 15) is 14.7 Å². The standard InChI is InChI=1S/C22H35IN2O5/c1-15-5-7-18(26)13-20(27)30-21(17(3)14-23)16(2)6-8-19(15)29-22(28)25-11-9-24(4)10-12-25/h6,8,14-16,18-19,21,26H,5,7,9-13H2,1-4H3/b8-6?,17-14+/t15-,16-,18+,19-,21-/m0/s1. The Morgan fingerprint density at radius 1 is 1.23 bits per heavy atom. The van der Waals surface area contributed by atoms with Gasteiger partial charge in [-0.2, -0.15) is 0 Å². The molecule has 2 aliphatic rings. The van der Waals surface area contributed by atoms with Gasteiger partial charge in [0.25, 0.3) is 0 Å². The summed E-state index contributed by atoms with van der Waals surface area (Å²) in [6.07, 6.45) is 3.08. The summed E-state index contributed by atoms with van der Waals surface area (Å²) in [7, 11) is 2.04. The van der Waals surface area contributed by atoms with Crippen molar-refractivity contribution in [3.63, 3.8) is 0 Å². The summed E-state index contributed by atoms with van der Waals surface area (Å²) in [5.74, 6) is -0.459. The van der Waals surface area contributed by atoms with Gasteiger partial charge in [-0.15, -0.1) is 0 Å². The topological polar surface area (TPSA) is 79.3 Å². The molecule has 170 valence electrons. The lowest BCUT2D eigenvalue weighted by molar-refractivity contribution is -0.151. The van der Waals surface area contributed by atoms with Crippen LogP contribution in [0.3, 0.4) is 0 Å². The third-order valence-corrected chi connectivity index (χ3v) is 6.86. The van der Waals surface area contributed by atoms with Gasteiger partial charge in [0, 0.05) is 32.1 Å². The highest BCUT2D eigenvalue weighted by Gasteiger charge is 2.28. The van der Waals surface area contributed by atoms with Gasteiger partial charge >= 0.3 is 12.1 Å². The zero-order valence-corrected chi connectivity index (χ0v) is 20.6. The lowest BCUT2D eigenvalue weighted by Crippen LogP contribution is -2.48. The molecule has 0 aromatic heterocycles. The highest BCUT2D eigenvalue weighted by molar-refractivity contribution is 14.1. The summed E-state index contributed by atoms with van der Waals surface area (Å²) in [6, 6.07) is 0. The molecule has 2 rings (SSSR count). The average Bonchev–Trinajstić information content (AvgIpc) is 2.72. The Bertz CT molecular complexity index is 645. The van der Waals surface area contributed by atoms with Crippen LogP contribution < -0.4 is 0 Å². The van der Waals surface area contributed by atoms with Crippen LogP contribution in [0.15, 0.2) is 21.8 Å². The maximum atomic E-state index is 12.7. The van der Waals surface area contributed by atoms with Gasteiger partial charge in [0.05, 0.1) is 12.5 Å². The molecule has 2 aliphatic heterocycles. The number of hydrogen-bond acceptors (Lipinski definition) is 6. The van der Waals surface area contributed by atoms with Crippen molar-refractivity contribution in [2.45, 2.75) is 58.3 Å². The largest absolute Gasteiger partial charge is 0.457 e. The van der Waals surface area contributed by atoms with Crippen LogP contribution in [0.2, 0.25) is 0 Å². The second-order valence-corrected chi connectivity index (χ2v) is 9.18. The van der Waals surface area contributed by atoms with Gasteiger partial charge in [0.2, 0.25) is 0 Å². The Balaban J connectivity index is 2.18. The van der Waals surface area contributed by atoms with E-state index in [-0.39, 0.29) is 24.3 Å². The molecule has 0 aromatic carbocycles. The first-order valence-electron chi connectivity index (χ1n) is 10.7. The van der Waals surface area contributed by atoms with Gasteiger partial charge in [-0.3, -0.25) is 4.79 Å². The SMILES string of the molecule is C/C(=C\I)[C@H]1OC(=O)C[C@H](O)CC[C@H](C)[C@@H](OC(=O)N2CCN(C)CC2)C=C[C@@H]1C. The molecule has 1 N–H and O–H groups in total. The lowest BCUT2D eigenvalue weighted by atomic mass is 9.92. The number of carbonyl (C=O) groups excluding carboxylic acids is 2. The van der Waals surface area contributed by atoms with Crippen LogP contribution in [0.4, 0.5) is 4.79 Å². The number of likely N-dealkylation sites (N-methyl/N-ethyl adjacent to an activating group) is 1. The lowest BCUT2D eigenvalue weighted by Gasteiger charge is -2.33. The molecule has 2 heterocycles. The van der Waals surface area contributed by atoms with E-state index in [1.807, 2.05) is 44.1 Å². The second kappa shape index (κ2) is 12.0. The van der Waals surface area contributed by atoms with E-state index < -0.39 is 24.3 Å². The Hall–Kier alpha value is -1.13. The molecule has 0 aromatic rings. The van der Waals surface area contributed by atoms with Crippen molar-refractivity contribution in [2.24, 2.45) is 11.8 Å². The molecule has 0 radical (unpaired) electrons. The van der Waals surface area contributed by atoms with Crippen molar-refractivity contribution in [2.75, 3.05) is 33.2 Å². The zero-order chi connectivity index (χ0) is 22.3. The second-order valence-electron chi connectivity index (χ2n) is 8.56. The number of esters is 1. The van der Waals surface area contributed by atoms with Crippen LogP contribution in [0, 0.1) is 11.8 Å². The quantitative estimate of drug-likeness (QED) is 0.333. The van der Waals surface area contributed by atoms with Crippen molar-refractivity contribution in [3.05, 3.63) is 21.8 Å². The molecular formula is C22H35IN2O5. The fourth-order valence-corrected chi connectivity index (χ4v) is 4.05. The highest BCUT2D eigenvalue weighted by Crippen LogP contribution is 2.25. The molecule has 1 saturated heterocycles. The van der Waals surface area contributed by atoms with Gasteiger partial charge in [-0.05, 0) is 48.5 Å². The summed E-state index contributed by atoms with van der Waals surface area (Å²) in [6.45, 7) is 8.91. The number of amides is 1. The van der Waals surface area contributed by atoms with E-state index in [0.717, 1.165) is 18.7 Å². The molecule has 8 heteroatoms. The predicted molar refractivity (Wildman–Crippen MR) is 124 cm³/mol. The summed E-state index contributed by atoms with van der Waals surface area (Å²) in [5.41, 5.74) is 0.937. The van der Waals surface area contributed by atoms with E-state index in [1.165, 1.54) is 0 Å². The minimum atomic E-state index is -0.766. The molecular weight excluding hydrogens is 499 g/mol. The van der Waals surface area contributed by atoms with E-state index in [4.69, 9.17) is 9.47 Å². The smallest absolute Gasteiger partial charge is 0.410 e. The summed E-state index contributed by atoms with van der Waals surface area (Å²) < 4.78 is 13.4. The monoisotopic (exact) mass is 534 g/mol. The van der Waals surface area contributed by atoms with Gasteiger partial charge in [-0.25, -0.2) is 4.79 Å². The third kappa shape index (κ3) is 7.53. The highest BCUT2D eigenvalue weighted by atomic mass is 127.